The Bertz CT molecular complexity index is 575. The predicted molar refractivity (Wildman–Crippen MR) is 87.8 cm³/mol. The van der Waals surface area contributed by atoms with Gasteiger partial charge >= 0.3 is 0 Å². The number of anilines is 2. The lowest BCUT2D eigenvalue weighted by molar-refractivity contribution is 0.250. The maximum Gasteiger partial charge on any atom is 0.185 e. The number of nitrogens with zero attached hydrogens (tertiary/aromatic N) is 3. The summed E-state index contributed by atoms with van der Waals surface area (Å²) in [7, 11) is 0.834. The first-order chi connectivity index (χ1) is 9.86. The van der Waals surface area contributed by atoms with Crippen LogP contribution in [0.15, 0.2) is 4.90 Å². The van der Waals surface area contributed by atoms with E-state index in [1.807, 2.05) is 6.92 Å². The summed E-state index contributed by atoms with van der Waals surface area (Å²) in [5.74, 6) is 0.273. The molecule has 2 N–H and O–H groups in total. The highest BCUT2D eigenvalue weighted by atomic mass is 32.2. The molecule has 120 valence electrons. The van der Waals surface area contributed by atoms with E-state index < -0.39 is 9.84 Å². The van der Waals surface area contributed by atoms with Crippen LogP contribution < -0.4 is 10.6 Å². The summed E-state index contributed by atoms with van der Waals surface area (Å²) in [5.41, 5.74) is 5.83. The van der Waals surface area contributed by atoms with Crippen molar-refractivity contribution in [2.24, 2.45) is 0 Å². The molecule has 6 nitrogen and oxygen atoms in total. The lowest BCUT2D eigenvalue weighted by Gasteiger charge is -2.35. The molecule has 0 spiro atoms. The van der Waals surface area contributed by atoms with Crippen LogP contribution in [0, 0.1) is 0 Å². The SMILES string of the molecule is CCCS(=O)(=O)c1c(N)nsc1N1CCC(N(C)C)CC1. The van der Waals surface area contributed by atoms with Crippen molar-refractivity contribution in [3.8, 4) is 0 Å². The van der Waals surface area contributed by atoms with E-state index in [0.29, 0.717) is 12.5 Å². The molecule has 1 aliphatic heterocycles. The number of hydrogen-bond donors (Lipinski definition) is 1. The quantitative estimate of drug-likeness (QED) is 0.879. The molecule has 0 aromatic carbocycles. The zero-order valence-corrected chi connectivity index (χ0v) is 14.5. The Kier molecular flexibility index (Phi) is 5.11. The molecule has 0 radical (unpaired) electrons. The maximum absolute atomic E-state index is 12.4. The zero-order chi connectivity index (χ0) is 15.6. The third-order valence-corrected chi connectivity index (χ3v) is 6.95. The standard InChI is InChI=1S/C13H24N4O2S2/c1-4-9-21(18,19)11-12(14)15-20-13(11)17-7-5-10(6-8-17)16(2)3/h10H,4-9H2,1-3H3,(H2,14,15). The fourth-order valence-corrected chi connectivity index (χ4v) is 5.55. The van der Waals surface area contributed by atoms with Gasteiger partial charge in [0.1, 0.15) is 9.90 Å². The van der Waals surface area contributed by atoms with Gasteiger partial charge < -0.3 is 15.5 Å². The molecule has 1 aromatic rings. The lowest BCUT2D eigenvalue weighted by Crippen LogP contribution is -2.42. The van der Waals surface area contributed by atoms with Gasteiger partial charge in [0, 0.05) is 19.1 Å². The fourth-order valence-electron chi connectivity index (χ4n) is 2.73. The van der Waals surface area contributed by atoms with Gasteiger partial charge in [0.2, 0.25) is 0 Å². The van der Waals surface area contributed by atoms with Gasteiger partial charge in [-0.3, -0.25) is 0 Å². The van der Waals surface area contributed by atoms with Gasteiger partial charge in [0.25, 0.3) is 0 Å². The molecule has 1 aliphatic rings. The van der Waals surface area contributed by atoms with Crippen LogP contribution in [0.25, 0.3) is 0 Å². The summed E-state index contributed by atoms with van der Waals surface area (Å²) in [4.78, 5) is 4.60. The second-order valence-corrected chi connectivity index (χ2v) is 8.50. The molecule has 0 bridgehead atoms. The third kappa shape index (κ3) is 3.49. The van der Waals surface area contributed by atoms with E-state index >= 15 is 0 Å². The van der Waals surface area contributed by atoms with Crippen LogP contribution in [0.2, 0.25) is 0 Å². The Hall–Kier alpha value is -0.860. The van der Waals surface area contributed by atoms with Crippen molar-refractivity contribution < 1.29 is 8.42 Å². The smallest absolute Gasteiger partial charge is 0.185 e. The molecule has 21 heavy (non-hydrogen) atoms. The average molecular weight is 332 g/mol. The minimum atomic E-state index is -3.34. The number of sulfone groups is 1. The Morgan fingerprint density at radius 2 is 2.00 bits per heavy atom. The van der Waals surface area contributed by atoms with E-state index in [0.717, 1.165) is 30.9 Å². The van der Waals surface area contributed by atoms with Crippen molar-refractivity contribution >= 4 is 32.2 Å². The number of hydrogen-bond acceptors (Lipinski definition) is 7. The summed E-state index contributed by atoms with van der Waals surface area (Å²) >= 11 is 1.20. The van der Waals surface area contributed by atoms with Crippen molar-refractivity contribution in [3.63, 3.8) is 0 Å². The van der Waals surface area contributed by atoms with E-state index in [-0.39, 0.29) is 16.5 Å². The largest absolute Gasteiger partial charge is 0.382 e. The van der Waals surface area contributed by atoms with Gasteiger partial charge in [-0.1, -0.05) is 6.92 Å². The Morgan fingerprint density at radius 1 is 1.38 bits per heavy atom. The van der Waals surface area contributed by atoms with E-state index in [1.54, 1.807) is 0 Å². The molecule has 8 heteroatoms. The van der Waals surface area contributed by atoms with Gasteiger partial charge in [-0.05, 0) is 44.9 Å². The first-order valence-corrected chi connectivity index (χ1v) is 9.68. The van der Waals surface area contributed by atoms with Crippen LogP contribution in [0.5, 0.6) is 0 Å². The van der Waals surface area contributed by atoms with E-state index in [4.69, 9.17) is 5.73 Å². The number of aromatic nitrogens is 1. The highest BCUT2D eigenvalue weighted by Crippen LogP contribution is 2.37. The molecule has 0 atom stereocenters. The molecule has 0 saturated carbocycles. The second kappa shape index (κ2) is 6.50. The van der Waals surface area contributed by atoms with Crippen molar-refractivity contribution in [2.45, 2.75) is 37.1 Å². The van der Waals surface area contributed by atoms with Crippen LogP contribution in [0.4, 0.5) is 10.8 Å². The van der Waals surface area contributed by atoms with Crippen molar-refractivity contribution in [2.75, 3.05) is 43.6 Å². The Labute approximate surface area is 131 Å². The summed E-state index contributed by atoms with van der Waals surface area (Å²) in [6.45, 7) is 3.55. The number of rotatable bonds is 5. The molecule has 1 aromatic heterocycles. The summed E-state index contributed by atoms with van der Waals surface area (Å²) in [5, 5.41) is 0.721. The van der Waals surface area contributed by atoms with Gasteiger partial charge in [0.15, 0.2) is 15.7 Å². The predicted octanol–water partition coefficient (Wildman–Crippen LogP) is 1.44. The first-order valence-electron chi connectivity index (χ1n) is 7.26. The summed E-state index contributed by atoms with van der Waals surface area (Å²) in [6, 6.07) is 0.558. The van der Waals surface area contributed by atoms with Gasteiger partial charge in [-0.15, -0.1) is 0 Å². The van der Waals surface area contributed by atoms with Gasteiger partial charge in [-0.25, -0.2) is 8.42 Å². The zero-order valence-electron chi connectivity index (χ0n) is 12.9. The minimum absolute atomic E-state index is 0.122. The van der Waals surface area contributed by atoms with Gasteiger partial charge in [0.05, 0.1) is 5.75 Å². The number of nitrogens with two attached hydrogens (primary N) is 1. The van der Waals surface area contributed by atoms with E-state index in [1.165, 1.54) is 11.5 Å². The monoisotopic (exact) mass is 332 g/mol. The average Bonchev–Trinajstić information content (AvgIpc) is 2.81. The highest BCUT2D eigenvalue weighted by Gasteiger charge is 2.30. The number of nitrogen functional groups attached to an aromatic ring is 1. The molecular formula is C13H24N4O2S2. The first kappa shape index (κ1) is 16.5. The molecular weight excluding hydrogens is 308 g/mol. The maximum atomic E-state index is 12.4. The molecule has 0 unspecified atom stereocenters. The van der Waals surface area contributed by atoms with Crippen LogP contribution in [-0.2, 0) is 9.84 Å². The summed E-state index contributed by atoms with van der Waals surface area (Å²) in [6.07, 6.45) is 2.63. The topological polar surface area (TPSA) is 79.5 Å². The lowest BCUT2D eigenvalue weighted by atomic mass is 10.0. The van der Waals surface area contributed by atoms with Crippen molar-refractivity contribution in [1.82, 2.24) is 9.27 Å². The normalized spacial score (nSPS) is 17.6. The molecule has 2 heterocycles. The van der Waals surface area contributed by atoms with Gasteiger partial charge in [-0.2, -0.15) is 4.37 Å². The number of piperidine rings is 1. The van der Waals surface area contributed by atoms with Crippen molar-refractivity contribution in [1.29, 1.82) is 0 Å². The Balaban J connectivity index is 2.23. The highest BCUT2D eigenvalue weighted by molar-refractivity contribution is 7.91. The van der Waals surface area contributed by atoms with Crippen LogP contribution >= 0.6 is 11.5 Å². The molecule has 0 aliphatic carbocycles. The third-order valence-electron chi connectivity index (χ3n) is 3.92. The van der Waals surface area contributed by atoms with E-state index in [2.05, 4.69) is 28.3 Å². The minimum Gasteiger partial charge on any atom is -0.382 e. The second-order valence-electron chi connectivity index (χ2n) is 5.70. The fraction of sp³-hybridized carbons (Fsp3) is 0.769. The van der Waals surface area contributed by atoms with Crippen LogP contribution in [-0.4, -0.2) is 56.7 Å². The molecule has 0 amide bonds. The van der Waals surface area contributed by atoms with Crippen LogP contribution in [0.3, 0.4) is 0 Å². The molecule has 2 rings (SSSR count). The van der Waals surface area contributed by atoms with Crippen LogP contribution in [0.1, 0.15) is 26.2 Å². The molecule has 1 saturated heterocycles. The van der Waals surface area contributed by atoms with E-state index in [9.17, 15) is 8.42 Å². The Morgan fingerprint density at radius 3 is 2.52 bits per heavy atom. The summed E-state index contributed by atoms with van der Waals surface area (Å²) < 4.78 is 28.9. The molecule has 1 fully saturated rings. The van der Waals surface area contributed by atoms with Crippen molar-refractivity contribution in [3.05, 3.63) is 0 Å².